The summed E-state index contributed by atoms with van der Waals surface area (Å²) in [5, 5.41) is -3.26. The van der Waals surface area contributed by atoms with Gasteiger partial charge in [-0.1, -0.05) is 13.8 Å². The molecule has 0 atom stereocenters. The van der Waals surface area contributed by atoms with Crippen molar-refractivity contribution in [2.45, 2.75) is 19.5 Å². The van der Waals surface area contributed by atoms with Crippen LogP contribution in [-0.2, 0) is 0 Å². The Morgan fingerprint density at radius 1 is 0.423 bits per heavy atom. The van der Waals surface area contributed by atoms with Crippen LogP contribution in [0.15, 0.2) is 0 Å². The number of benzene rings is 2. The Morgan fingerprint density at radius 2 is 0.615 bits per heavy atom. The van der Waals surface area contributed by atoms with Crippen LogP contribution in [-0.4, -0.2) is 5.66 Å². The molecule has 0 bridgehead atoms. The zero-order valence-corrected chi connectivity index (χ0v) is 13.7. The van der Waals surface area contributed by atoms with E-state index in [1.807, 2.05) is 0 Å². The Bertz CT molecular complexity index is 765. The van der Waals surface area contributed by atoms with E-state index >= 15 is 0 Å². The highest BCUT2D eigenvalue weighted by atomic mass is 31.1. The first kappa shape index (κ1) is 20.5. The number of rotatable bonds is 3. The number of hydrogen-bond acceptors (Lipinski definition) is 0. The summed E-state index contributed by atoms with van der Waals surface area (Å²) >= 11 is 0. The van der Waals surface area contributed by atoms with Crippen LogP contribution < -0.4 is 10.6 Å². The first-order valence-corrected chi connectivity index (χ1v) is 8.16. The highest BCUT2D eigenvalue weighted by molar-refractivity contribution is 7.73. The monoisotopic (exact) mass is 408 g/mol. The van der Waals surface area contributed by atoms with Gasteiger partial charge in [-0.05, 0) is 13.6 Å². The fraction of sp³-hybridized carbons (Fsp3) is 0.200. The van der Waals surface area contributed by atoms with Crippen molar-refractivity contribution in [1.29, 1.82) is 0 Å². The van der Waals surface area contributed by atoms with Crippen LogP contribution in [0.3, 0.4) is 0 Å². The third-order valence-corrected chi connectivity index (χ3v) is 6.15. The summed E-state index contributed by atoms with van der Waals surface area (Å²) in [5.74, 6) is -24.2. The Kier molecular flexibility index (Phi) is 5.56. The van der Waals surface area contributed by atoms with Gasteiger partial charge >= 0.3 is 0 Å². The molecule has 2 aromatic carbocycles. The van der Waals surface area contributed by atoms with Crippen LogP contribution >= 0.6 is 7.92 Å². The van der Waals surface area contributed by atoms with Gasteiger partial charge in [0.25, 0.3) is 0 Å². The molecule has 0 amide bonds. The maximum atomic E-state index is 14.0. The van der Waals surface area contributed by atoms with E-state index in [0.29, 0.717) is 0 Å². The quantitative estimate of drug-likeness (QED) is 0.293. The minimum Gasteiger partial charge on any atom is -0.203 e. The topological polar surface area (TPSA) is 0 Å². The van der Waals surface area contributed by atoms with Crippen molar-refractivity contribution in [3.05, 3.63) is 58.2 Å². The van der Waals surface area contributed by atoms with E-state index in [1.54, 1.807) is 0 Å². The second kappa shape index (κ2) is 7.06. The lowest BCUT2D eigenvalue weighted by atomic mass is 10.3. The van der Waals surface area contributed by atoms with Crippen LogP contribution in [0.5, 0.6) is 0 Å². The van der Waals surface area contributed by atoms with Gasteiger partial charge in [0.2, 0.25) is 11.6 Å². The maximum Gasteiger partial charge on any atom is 0.200 e. The average molecular weight is 408 g/mol. The van der Waals surface area contributed by atoms with Gasteiger partial charge < -0.3 is 0 Å². The lowest BCUT2D eigenvalue weighted by Crippen LogP contribution is -2.31. The average Bonchev–Trinajstić information content (AvgIpc) is 2.60. The zero-order chi connectivity index (χ0) is 20.1. The van der Waals surface area contributed by atoms with Crippen LogP contribution in [0.2, 0.25) is 0 Å². The van der Waals surface area contributed by atoms with Crippen molar-refractivity contribution in [2.75, 3.05) is 0 Å². The standard InChI is InChI=1S/C15H7F10P/c1-3(2)26(14-10(22)6(18)4(16)7(19)11(14)23)15-12(24)8(20)5(17)9(21)13(15)25/h3H,1-2H3. The summed E-state index contributed by atoms with van der Waals surface area (Å²) < 4.78 is 136. The van der Waals surface area contributed by atoms with Gasteiger partial charge in [-0.2, -0.15) is 0 Å². The van der Waals surface area contributed by atoms with E-state index < -0.39 is 82.4 Å². The van der Waals surface area contributed by atoms with E-state index in [0.717, 1.165) is 13.8 Å². The summed E-state index contributed by atoms with van der Waals surface area (Å²) in [5.41, 5.74) is -1.24. The molecule has 0 saturated carbocycles. The first-order valence-electron chi connectivity index (χ1n) is 6.75. The van der Waals surface area contributed by atoms with Gasteiger partial charge in [0.1, 0.15) is 0 Å². The molecule has 0 aliphatic carbocycles. The van der Waals surface area contributed by atoms with Gasteiger partial charge in [-0.15, -0.1) is 0 Å². The van der Waals surface area contributed by atoms with Gasteiger partial charge in [-0.25, -0.2) is 43.9 Å². The lowest BCUT2D eigenvalue weighted by molar-refractivity contribution is 0.382. The molecule has 0 radical (unpaired) electrons. The van der Waals surface area contributed by atoms with Crippen molar-refractivity contribution in [3.63, 3.8) is 0 Å². The Hall–Kier alpha value is -1.83. The van der Waals surface area contributed by atoms with E-state index in [-0.39, 0.29) is 0 Å². The molecule has 0 fully saturated rings. The second-order valence-electron chi connectivity index (χ2n) is 5.30. The molecule has 0 aromatic heterocycles. The fourth-order valence-electron chi connectivity index (χ4n) is 2.24. The van der Waals surface area contributed by atoms with Crippen molar-refractivity contribution in [3.8, 4) is 0 Å². The molecule has 0 aliphatic rings. The number of hydrogen-bond donors (Lipinski definition) is 0. The summed E-state index contributed by atoms with van der Waals surface area (Å²) in [4.78, 5) is 0. The van der Waals surface area contributed by atoms with E-state index in [2.05, 4.69) is 0 Å². The molecule has 0 heterocycles. The molecule has 11 heteroatoms. The smallest absolute Gasteiger partial charge is 0.200 e. The fourth-order valence-corrected chi connectivity index (χ4v) is 4.73. The summed E-state index contributed by atoms with van der Waals surface area (Å²) in [6.07, 6.45) is 0. The van der Waals surface area contributed by atoms with Gasteiger partial charge in [-0.3, -0.25) is 0 Å². The third kappa shape index (κ3) is 2.94. The van der Waals surface area contributed by atoms with Gasteiger partial charge in [0.15, 0.2) is 46.5 Å². The van der Waals surface area contributed by atoms with E-state index in [1.165, 1.54) is 0 Å². The van der Waals surface area contributed by atoms with Gasteiger partial charge in [0, 0.05) is 0 Å². The van der Waals surface area contributed by atoms with Gasteiger partial charge in [0.05, 0.1) is 10.6 Å². The summed E-state index contributed by atoms with van der Waals surface area (Å²) in [6, 6.07) is 0. The van der Waals surface area contributed by atoms with Crippen molar-refractivity contribution in [1.82, 2.24) is 0 Å². The molecule has 2 aromatic rings. The summed E-state index contributed by atoms with van der Waals surface area (Å²) in [6.45, 7) is 2.14. The molecular weight excluding hydrogens is 401 g/mol. The highest BCUT2D eigenvalue weighted by Gasteiger charge is 2.38. The predicted octanol–water partition coefficient (Wildman–Crippen LogP) is 4.92. The molecule has 26 heavy (non-hydrogen) atoms. The van der Waals surface area contributed by atoms with Crippen molar-refractivity contribution >= 4 is 18.5 Å². The Labute approximate surface area is 141 Å². The molecule has 0 nitrogen and oxygen atoms in total. The van der Waals surface area contributed by atoms with Crippen molar-refractivity contribution < 1.29 is 43.9 Å². The van der Waals surface area contributed by atoms with Crippen LogP contribution in [0.1, 0.15) is 13.8 Å². The Balaban J connectivity index is 2.96. The molecule has 2 rings (SSSR count). The molecule has 0 spiro atoms. The predicted molar refractivity (Wildman–Crippen MR) is 73.8 cm³/mol. The van der Waals surface area contributed by atoms with Crippen LogP contribution in [0, 0.1) is 58.2 Å². The third-order valence-electron chi connectivity index (χ3n) is 3.37. The summed E-state index contributed by atoms with van der Waals surface area (Å²) in [7, 11) is -3.18. The largest absolute Gasteiger partial charge is 0.203 e. The number of halogens is 10. The minimum atomic E-state index is -3.18. The normalized spacial score (nSPS) is 11.8. The molecule has 0 saturated heterocycles. The molecule has 0 N–H and O–H groups in total. The zero-order valence-electron chi connectivity index (χ0n) is 12.8. The minimum absolute atomic E-state index is 1.07. The highest BCUT2D eigenvalue weighted by Crippen LogP contribution is 2.44. The lowest BCUT2D eigenvalue weighted by Gasteiger charge is -2.25. The van der Waals surface area contributed by atoms with Crippen LogP contribution in [0.4, 0.5) is 43.9 Å². The van der Waals surface area contributed by atoms with E-state index in [9.17, 15) is 43.9 Å². The van der Waals surface area contributed by atoms with Crippen molar-refractivity contribution in [2.24, 2.45) is 0 Å². The van der Waals surface area contributed by atoms with E-state index in [4.69, 9.17) is 0 Å². The Morgan fingerprint density at radius 3 is 0.808 bits per heavy atom. The van der Waals surface area contributed by atoms with Crippen LogP contribution in [0.25, 0.3) is 0 Å². The second-order valence-corrected chi connectivity index (χ2v) is 7.97. The SMILES string of the molecule is CC(C)P(c1c(F)c(F)c(F)c(F)c1F)c1c(F)c(F)c(F)c(F)c1F. The molecular formula is C15H7F10P. The first-order chi connectivity index (χ1) is 11.9. The molecule has 142 valence electrons. The maximum absolute atomic E-state index is 14.0. The molecule has 0 aliphatic heterocycles. The molecule has 0 unspecified atom stereocenters.